The molecule has 0 bridgehead atoms. The quantitative estimate of drug-likeness (QED) is 0.212. The van der Waals surface area contributed by atoms with E-state index in [4.69, 9.17) is 4.74 Å². The lowest BCUT2D eigenvalue weighted by Crippen LogP contribution is -2.19. The van der Waals surface area contributed by atoms with Gasteiger partial charge in [-0.05, 0) is 38.0 Å². The van der Waals surface area contributed by atoms with Crippen molar-refractivity contribution >= 4 is 5.97 Å². The average molecular weight is 390 g/mol. The first-order valence-corrected chi connectivity index (χ1v) is 9.83. The minimum Gasteiger partial charge on any atom is -0.459 e. The van der Waals surface area contributed by atoms with Crippen molar-refractivity contribution < 1.29 is 27.1 Å². The first kappa shape index (κ1) is 23.4. The van der Waals surface area contributed by atoms with Gasteiger partial charge in [0.25, 0.3) is 0 Å². The molecule has 0 aromatic heterocycles. The highest BCUT2D eigenvalue weighted by Gasteiger charge is 2.36. The molecule has 1 aromatic carbocycles. The van der Waals surface area contributed by atoms with Crippen molar-refractivity contribution in [1.29, 1.82) is 0 Å². The highest BCUT2D eigenvalue weighted by molar-refractivity contribution is 5.91. The first-order valence-electron chi connectivity index (χ1n) is 9.83. The summed E-state index contributed by atoms with van der Waals surface area (Å²) in [4.78, 5) is 12.0. The molecule has 0 amide bonds. The number of benzene rings is 1. The smallest absolute Gasteiger partial charge is 0.417 e. The lowest BCUT2D eigenvalue weighted by atomic mass is 10.1. The van der Waals surface area contributed by atoms with Crippen LogP contribution < -0.4 is 0 Å². The molecule has 27 heavy (non-hydrogen) atoms. The van der Waals surface area contributed by atoms with Crippen LogP contribution in [0.3, 0.4) is 0 Å². The van der Waals surface area contributed by atoms with Gasteiger partial charge in [0, 0.05) is 0 Å². The van der Waals surface area contributed by atoms with Crippen LogP contribution in [0.5, 0.6) is 0 Å². The Kier molecular flexibility index (Phi) is 10.4. The normalized spacial score (nSPS) is 12.8. The summed E-state index contributed by atoms with van der Waals surface area (Å²) in [5.74, 6) is -2.10. The van der Waals surface area contributed by atoms with Gasteiger partial charge >= 0.3 is 12.1 Å². The topological polar surface area (TPSA) is 26.3 Å². The first-order chi connectivity index (χ1) is 12.8. The van der Waals surface area contributed by atoms with Gasteiger partial charge in [-0.15, -0.1) is 0 Å². The Morgan fingerprint density at radius 1 is 1.00 bits per heavy atom. The molecule has 6 heteroatoms. The van der Waals surface area contributed by atoms with Crippen LogP contribution in [0.2, 0.25) is 0 Å². The van der Waals surface area contributed by atoms with Crippen molar-refractivity contribution in [3.63, 3.8) is 0 Å². The van der Waals surface area contributed by atoms with E-state index in [2.05, 4.69) is 6.92 Å². The molecule has 0 N–H and O–H groups in total. The molecule has 1 aromatic rings. The molecule has 1 unspecified atom stereocenters. The number of esters is 1. The predicted octanol–water partition coefficient (Wildman–Crippen LogP) is 7.31. The number of alkyl halides is 3. The summed E-state index contributed by atoms with van der Waals surface area (Å²) < 4.78 is 57.1. The molecular formula is C21H30F4O2. The second-order valence-corrected chi connectivity index (χ2v) is 7.02. The fourth-order valence-corrected chi connectivity index (χ4v) is 2.98. The van der Waals surface area contributed by atoms with Gasteiger partial charge in [-0.25, -0.2) is 9.18 Å². The lowest BCUT2D eigenvalue weighted by molar-refractivity contribution is -0.138. The Hall–Kier alpha value is -1.59. The third-order valence-electron chi connectivity index (χ3n) is 4.53. The molecule has 154 valence electrons. The summed E-state index contributed by atoms with van der Waals surface area (Å²) in [6.45, 7) is 3.85. The predicted molar refractivity (Wildman–Crippen MR) is 98.1 cm³/mol. The SMILES string of the molecule is CCCCCCCCCCCC(C)OC(=O)c1ccc(F)cc1C(F)(F)F. The molecule has 1 rings (SSSR count). The summed E-state index contributed by atoms with van der Waals surface area (Å²) in [6, 6.07) is 1.98. The number of halogens is 4. The molecule has 0 spiro atoms. The van der Waals surface area contributed by atoms with Crippen LogP contribution in [0.15, 0.2) is 18.2 Å². The summed E-state index contributed by atoms with van der Waals surface area (Å²) in [6.07, 6.45) is 5.79. The Morgan fingerprint density at radius 2 is 1.56 bits per heavy atom. The van der Waals surface area contributed by atoms with E-state index in [1.165, 1.54) is 38.5 Å². The fourth-order valence-electron chi connectivity index (χ4n) is 2.98. The summed E-state index contributed by atoms with van der Waals surface area (Å²) in [5, 5.41) is 0. The maximum atomic E-state index is 13.1. The molecule has 0 fully saturated rings. The Bertz CT molecular complexity index is 570. The monoisotopic (exact) mass is 390 g/mol. The molecule has 0 saturated carbocycles. The second kappa shape index (κ2) is 12.0. The Morgan fingerprint density at radius 3 is 2.11 bits per heavy atom. The number of hydrogen-bond donors (Lipinski definition) is 0. The zero-order chi connectivity index (χ0) is 20.3. The van der Waals surface area contributed by atoms with E-state index in [1.807, 2.05) is 0 Å². The molecule has 2 nitrogen and oxygen atoms in total. The highest BCUT2D eigenvalue weighted by atomic mass is 19.4. The van der Waals surface area contributed by atoms with Crippen LogP contribution in [0, 0.1) is 5.82 Å². The van der Waals surface area contributed by atoms with Crippen molar-refractivity contribution in [3.05, 3.63) is 35.1 Å². The summed E-state index contributed by atoms with van der Waals surface area (Å²) >= 11 is 0. The van der Waals surface area contributed by atoms with Crippen LogP contribution in [0.1, 0.15) is 94.0 Å². The van der Waals surface area contributed by atoms with E-state index in [0.717, 1.165) is 31.4 Å². The van der Waals surface area contributed by atoms with E-state index in [9.17, 15) is 22.4 Å². The van der Waals surface area contributed by atoms with Gasteiger partial charge < -0.3 is 4.74 Å². The van der Waals surface area contributed by atoms with Gasteiger partial charge in [-0.2, -0.15) is 13.2 Å². The highest BCUT2D eigenvalue weighted by Crippen LogP contribution is 2.33. The number of ether oxygens (including phenoxy) is 1. The second-order valence-electron chi connectivity index (χ2n) is 7.02. The van der Waals surface area contributed by atoms with Gasteiger partial charge in [0.1, 0.15) is 5.82 Å². The number of rotatable bonds is 12. The van der Waals surface area contributed by atoms with Gasteiger partial charge in [0.2, 0.25) is 0 Å². The Balaban J connectivity index is 2.35. The molecular weight excluding hydrogens is 360 g/mol. The maximum Gasteiger partial charge on any atom is 0.417 e. The number of carbonyl (C=O) groups is 1. The van der Waals surface area contributed by atoms with Gasteiger partial charge in [-0.3, -0.25) is 0 Å². The zero-order valence-corrected chi connectivity index (χ0v) is 16.2. The minimum atomic E-state index is -4.81. The molecule has 0 aliphatic heterocycles. The van der Waals surface area contributed by atoms with Crippen molar-refractivity contribution in [3.8, 4) is 0 Å². The summed E-state index contributed by atoms with van der Waals surface area (Å²) in [7, 11) is 0. The number of carbonyl (C=O) groups excluding carboxylic acids is 1. The van der Waals surface area contributed by atoms with Crippen LogP contribution in [0.25, 0.3) is 0 Å². The van der Waals surface area contributed by atoms with Crippen molar-refractivity contribution in [2.45, 2.75) is 90.3 Å². The molecule has 0 heterocycles. The lowest BCUT2D eigenvalue weighted by Gasteiger charge is -2.16. The van der Waals surface area contributed by atoms with Crippen molar-refractivity contribution in [2.24, 2.45) is 0 Å². The van der Waals surface area contributed by atoms with Crippen molar-refractivity contribution in [1.82, 2.24) is 0 Å². The Labute approximate surface area is 159 Å². The maximum absolute atomic E-state index is 13.1. The third-order valence-corrected chi connectivity index (χ3v) is 4.53. The molecule has 0 radical (unpaired) electrons. The van der Waals surface area contributed by atoms with Crippen LogP contribution in [-0.4, -0.2) is 12.1 Å². The summed E-state index contributed by atoms with van der Waals surface area (Å²) in [5.41, 5.74) is -1.95. The van der Waals surface area contributed by atoms with Crippen LogP contribution in [-0.2, 0) is 10.9 Å². The number of unbranched alkanes of at least 4 members (excludes halogenated alkanes) is 8. The van der Waals surface area contributed by atoms with E-state index in [1.54, 1.807) is 6.92 Å². The molecule has 0 aliphatic rings. The van der Waals surface area contributed by atoms with E-state index < -0.39 is 35.2 Å². The number of hydrogen-bond acceptors (Lipinski definition) is 2. The van der Waals surface area contributed by atoms with Crippen molar-refractivity contribution in [2.75, 3.05) is 0 Å². The van der Waals surface area contributed by atoms with Crippen LogP contribution in [0.4, 0.5) is 17.6 Å². The van der Waals surface area contributed by atoms with Gasteiger partial charge in [-0.1, -0.05) is 58.3 Å². The van der Waals surface area contributed by atoms with E-state index >= 15 is 0 Å². The minimum absolute atomic E-state index is 0.321. The molecule has 0 aliphatic carbocycles. The average Bonchev–Trinajstić information content (AvgIpc) is 2.59. The van der Waals surface area contributed by atoms with E-state index in [-0.39, 0.29) is 0 Å². The third kappa shape index (κ3) is 9.25. The molecule has 1 atom stereocenters. The van der Waals surface area contributed by atoms with Crippen LogP contribution >= 0.6 is 0 Å². The van der Waals surface area contributed by atoms with Gasteiger partial charge in [0.05, 0.1) is 17.2 Å². The fraction of sp³-hybridized carbons (Fsp3) is 0.667. The zero-order valence-electron chi connectivity index (χ0n) is 16.2. The van der Waals surface area contributed by atoms with Gasteiger partial charge in [0.15, 0.2) is 0 Å². The molecule has 0 saturated heterocycles. The van der Waals surface area contributed by atoms with E-state index in [0.29, 0.717) is 12.5 Å². The largest absolute Gasteiger partial charge is 0.459 e. The standard InChI is InChI=1S/C21H30F4O2/c1-3-4-5-6-7-8-9-10-11-12-16(2)27-20(26)18-14-13-17(22)15-19(18)21(23,24)25/h13-16H,3-12H2,1-2H3.